The van der Waals surface area contributed by atoms with Crippen molar-refractivity contribution in [1.82, 2.24) is 15.5 Å². The highest BCUT2D eigenvalue weighted by atomic mass is 16.5. The smallest absolute Gasteiger partial charge is 0.242 e. The molecule has 1 aliphatic carbocycles. The summed E-state index contributed by atoms with van der Waals surface area (Å²) < 4.78 is 5.57. The van der Waals surface area contributed by atoms with Crippen molar-refractivity contribution in [2.24, 2.45) is 10.4 Å². The number of rotatable bonds is 4. The maximum Gasteiger partial charge on any atom is 0.242 e. The molecular weight excluding hydrogens is 268 g/mol. The van der Waals surface area contributed by atoms with Crippen LogP contribution in [0.2, 0.25) is 0 Å². The summed E-state index contributed by atoms with van der Waals surface area (Å²) in [4.78, 5) is 18.6. The van der Waals surface area contributed by atoms with Gasteiger partial charge in [0.15, 0.2) is 5.96 Å². The van der Waals surface area contributed by atoms with Gasteiger partial charge < -0.3 is 20.3 Å². The zero-order valence-corrected chi connectivity index (χ0v) is 12.9. The van der Waals surface area contributed by atoms with E-state index in [2.05, 4.69) is 27.4 Å². The van der Waals surface area contributed by atoms with Gasteiger partial charge in [0, 0.05) is 37.7 Å². The lowest BCUT2D eigenvalue weighted by Gasteiger charge is -2.24. The molecule has 1 spiro atoms. The van der Waals surface area contributed by atoms with Crippen molar-refractivity contribution in [1.29, 1.82) is 0 Å². The van der Waals surface area contributed by atoms with E-state index in [9.17, 15) is 4.79 Å². The van der Waals surface area contributed by atoms with Gasteiger partial charge in [0.2, 0.25) is 5.91 Å². The summed E-state index contributed by atoms with van der Waals surface area (Å²) in [5.74, 6) is 0.901. The average molecular weight is 294 g/mol. The lowest BCUT2D eigenvalue weighted by molar-refractivity contribution is -0.119. The van der Waals surface area contributed by atoms with Gasteiger partial charge in [-0.3, -0.25) is 4.79 Å². The van der Waals surface area contributed by atoms with Crippen LogP contribution < -0.4 is 10.6 Å². The molecule has 6 nitrogen and oxygen atoms in total. The third-order valence-electron chi connectivity index (χ3n) is 4.57. The molecule has 21 heavy (non-hydrogen) atoms. The first kappa shape index (κ1) is 14.6. The first-order valence-corrected chi connectivity index (χ1v) is 8.11. The van der Waals surface area contributed by atoms with E-state index in [1.165, 1.54) is 0 Å². The molecule has 1 amide bonds. The van der Waals surface area contributed by atoms with E-state index in [4.69, 9.17) is 4.74 Å². The lowest BCUT2D eigenvalue weighted by Crippen LogP contribution is -2.42. The van der Waals surface area contributed by atoms with Crippen LogP contribution in [-0.4, -0.2) is 62.2 Å². The molecule has 2 heterocycles. The van der Waals surface area contributed by atoms with E-state index in [0.29, 0.717) is 11.5 Å². The third kappa shape index (κ3) is 3.67. The fourth-order valence-corrected chi connectivity index (χ4v) is 3.16. The largest absolute Gasteiger partial charge is 0.381 e. The van der Waals surface area contributed by atoms with Crippen LogP contribution in [0.25, 0.3) is 0 Å². The molecule has 3 aliphatic rings. The van der Waals surface area contributed by atoms with Gasteiger partial charge >= 0.3 is 0 Å². The van der Waals surface area contributed by atoms with Crippen molar-refractivity contribution in [3.63, 3.8) is 0 Å². The molecule has 0 radical (unpaired) electrons. The molecule has 6 heteroatoms. The second-order valence-corrected chi connectivity index (χ2v) is 6.49. The van der Waals surface area contributed by atoms with Gasteiger partial charge in [0.25, 0.3) is 0 Å². The van der Waals surface area contributed by atoms with Crippen LogP contribution >= 0.6 is 0 Å². The number of nitrogens with zero attached hydrogens (tertiary/aromatic N) is 2. The summed E-state index contributed by atoms with van der Waals surface area (Å²) in [7, 11) is 0. The standard InChI is InChI=1S/C15H26N4O2/c1-2-16-14(17-9-13(20)18-12-3-4-12)19-7-5-15(10-19)6-8-21-11-15/h12H,2-11H2,1H3,(H,16,17)(H,18,20). The quantitative estimate of drug-likeness (QED) is 0.580. The summed E-state index contributed by atoms with van der Waals surface area (Å²) in [5.41, 5.74) is 0.312. The lowest BCUT2D eigenvalue weighted by atomic mass is 9.87. The fourth-order valence-electron chi connectivity index (χ4n) is 3.16. The molecule has 2 N–H and O–H groups in total. The molecule has 1 atom stereocenters. The van der Waals surface area contributed by atoms with Crippen molar-refractivity contribution < 1.29 is 9.53 Å². The Hall–Kier alpha value is -1.30. The van der Waals surface area contributed by atoms with Crippen molar-refractivity contribution >= 4 is 11.9 Å². The Balaban J connectivity index is 1.56. The summed E-state index contributed by atoms with van der Waals surface area (Å²) in [6.07, 6.45) is 4.53. The van der Waals surface area contributed by atoms with Crippen molar-refractivity contribution in [3.05, 3.63) is 0 Å². The van der Waals surface area contributed by atoms with Crippen molar-refractivity contribution in [3.8, 4) is 0 Å². The van der Waals surface area contributed by atoms with Crippen LogP contribution in [0.5, 0.6) is 0 Å². The minimum atomic E-state index is 0.0333. The number of carbonyl (C=O) groups excluding carboxylic acids is 1. The van der Waals surface area contributed by atoms with E-state index >= 15 is 0 Å². The van der Waals surface area contributed by atoms with E-state index in [1.54, 1.807) is 0 Å². The third-order valence-corrected chi connectivity index (χ3v) is 4.57. The Bertz CT molecular complexity index is 414. The first-order valence-electron chi connectivity index (χ1n) is 8.11. The number of hydrogen-bond donors (Lipinski definition) is 2. The van der Waals surface area contributed by atoms with Gasteiger partial charge in [0.1, 0.15) is 6.54 Å². The maximum atomic E-state index is 11.8. The Morgan fingerprint density at radius 3 is 2.95 bits per heavy atom. The van der Waals surface area contributed by atoms with Crippen molar-refractivity contribution in [2.45, 2.75) is 38.6 Å². The van der Waals surface area contributed by atoms with Crippen LogP contribution in [0.1, 0.15) is 32.6 Å². The number of nitrogens with one attached hydrogen (secondary N) is 2. The molecule has 0 aromatic carbocycles. The fraction of sp³-hybridized carbons (Fsp3) is 0.867. The van der Waals surface area contributed by atoms with Gasteiger partial charge in [-0.2, -0.15) is 0 Å². The molecule has 3 rings (SSSR count). The normalized spacial score (nSPS) is 29.2. The molecular formula is C15H26N4O2. The first-order chi connectivity index (χ1) is 10.2. The van der Waals surface area contributed by atoms with E-state index < -0.39 is 0 Å². The highest BCUT2D eigenvalue weighted by Crippen LogP contribution is 2.38. The van der Waals surface area contributed by atoms with Gasteiger partial charge in [-0.05, 0) is 32.6 Å². The summed E-state index contributed by atoms with van der Waals surface area (Å²) >= 11 is 0. The maximum absolute atomic E-state index is 11.8. The average Bonchev–Trinajstić information content (AvgIpc) is 3.02. The SMILES string of the molecule is CCNC(=NCC(=O)NC1CC1)N1CCC2(CCOC2)C1. The van der Waals surface area contributed by atoms with Crippen LogP contribution in [-0.2, 0) is 9.53 Å². The monoisotopic (exact) mass is 294 g/mol. The molecule has 2 aliphatic heterocycles. The van der Waals surface area contributed by atoms with E-state index in [-0.39, 0.29) is 12.5 Å². The number of likely N-dealkylation sites (tertiary alicyclic amines) is 1. The Morgan fingerprint density at radius 2 is 2.29 bits per heavy atom. The molecule has 118 valence electrons. The number of carbonyl (C=O) groups is 1. The number of amides is 1. The number of aliphatic imine (C=N–C) groups is 1. The Kier molecular flexibility index (Phi) is 4.33. The minimum Gasteiger partial charge on any atom is -0.381 e. The summed E-state index contributed by atoms with van der Waals surface area (Å²) in [6, 6.07) is 0.404. The predicted octanol–water partition coefficient (Wildman–Crippen LogP) is 0.343. The molecule has 0 aromatic rings. The minimum absolute atomic E-state index is 0.0333. The molecule has 0 bridgehead atoms. The number of guanidine groups is 1. The van der Waals surface area contributed by atoms with Gasteiger partial charge in [-0.25, -0.2) is 4.99 Å². The predicted molar refractivity (Wildman–Crippen MR) is 81.2 cm³/mol. The van der Waals surface area contributed by atoms with Crippen LogP contribution in [0.4, 0.5) is 0 Å². The molecule has 1 saturated carbocycles. The van der Waals surface area contributed by atoms with E-state index in [1.807, 2.05) is 0 Å². The van der Waals surface area contributed by atoms with Gasteiger partial charge in [-0.15, -0.1) is 0 Å². The zero-order valence-electron chi connectivity index (χ0n) is 12.9. The molecule has 1 unspecified atom stereocenters. The summed E-state index contributed by atoms with van der Waals surface area (Å²) in [6.45, 7) is 6.84. The van der Waals surface area contributed by atoms with E-state index in [0.717, 1.165) is 64.5 Å². The van der Waals surface area contributed by atoms with Crippen molar-refractivity contribution in [2.75, 3.05) is 39.4 Å². The van der Waals surface area contributed by atoms with Gasteiger partial charge in [0.05, 0.1) is 6.61 Å². The van der Waals surface area contributed by atoms with Crippen LogP contribution in [0, 0.1) is 5.41 Å². The number of ether oxygens (including phenoxy) is 1. The molecule has 0 aromatic heterocycles. The molecule has 3 fully saturated rings. The highest BCUT2D eigenvalue weighted by Gasteiger charge is 2.42. The zero-order chi connectivity index (χ0) is 14.7. The van der Waals surface area contributed by atoms with Crippen LogP contribution in [0.15, 0.2) is 4.99 Å². The second-order valence-electron chi connectivity index (χ2n) is 6.49. The topological polar surface area (TPSA) is 66.0 Å². The Labute approximate surface area is 126 Å². The highest BCUT2D eigenvalue weighted by molar-refractivity contribution is 5.85. The second kappa shape index (κ2) is 6.22. The summed E-state index contributed by atoms with van der Waals surface area (Å²) in [5, 5.41) is 6.29. The van der Waals surface area contributed by atoms with Gasteiger partial charge in [-0.1, -0.05) is 0 Å². The molecule has 2 saturated heterocycles. The Morgan fingerprint density at radius 1 is 1.43 bits per heavy atom. The number of hydrogen-bond acceptors (Lipinski definition) is 3. The van der Waals surface area contributed by atoms with Crippen LogP contribution in [0.3, 0.4) is 0 Å².